The second kappa shape index (κ2) is 8.18. The van der Waals surface area contributed by atoms with Crippen molar-refractivity contribution in [3.8, 4) is 11.5 Å². The number of hydrogen-bond acceptors (Lipinski definition) is 9. The molecular weight excluding hydrogens is 400 g/mol. The number of ether oxygens (including phenoxy) is 1. The Bertz CT molecular complexity index is 1180. The molecule has 2 aromatic carbocycles. The number of nitro benzene ring substituents is 2. The molecule has 0 saturated carbocycles. The van der Waals surface area contributed by atoms with Crippen LogP contribution in [0.1, 0.15) is 17.0 Å². The van der Waals surface area contributed by atoms with Crippen LogP contribution in [-0.2, 0) is 0 Å². The summed E-state index contributed by atoms with van der Waals surface area (Å²) in [6.45, 7) is 1.43. The first kappa shape index (κ1) is 20.1. The average molecular weight is 412 g/mol. The van der Waals surface area contributed by atoms with Crippen molar-refractivity contribution in [3.05, 3.63) is 89.8 Å². The summed E-state index contributed by atoms with van der Waals surface area (Å²) >= 11 is 0. The molecule has 0 amide bonds. The van der Waals surface area contributed by atoms with Crippen molar-refractivity contribution in [2.75, 3.05) is 0 Å². The van der Waals surface area contributed by atoms with Crippen LogP contribution in [0.2, 0.25) is 0 Å². The molecule has 152 valence electrons. The van der Waals surface area contributed by atoms with Gasteiger partial charge in [-0.15, -0.1) is 0 Å². The third kappa shape index (κ3) is 4.11. The lowest BCUT2D eigenvalue weighted by Gasteiger charge is -2.09. The first-order valence-electron chi connectivity index (χ1n) is 8.26. The van der Waals surface area contributed by atoms with Crippen LogP contribution in [0, 0.1) is 37.3 Å². The van der Waals surface area contributed by atoms with Gasteiger partial charge in [0, 0.05) is 11.6 Å². The number of nitro groups is 3. The van der Waals surface area contributed by atoms with E-state index in [-0.39, 0.29) is 28.6 Å². The number of aromatic nitrogens is 1. The number of para-hydroxylation sites is 1. The van der Waals surface area contributed by atoms with Crippen LogP contribution in [0.25, 0.3) is 12.2 Å². The van der Waals surface area contributed by atoms with Gasteiger partial charge in [-0.05, 0) is 31.2 Å². The van der Waals surface area contributed by atoms with Gasteiger partial charge in [-0.25, -0.2) is 0 Å². The van der Waals surface area contributed by atoms with Crippen LogP contribution >= 0.6 is 0 Å². The van der Waals surface area contributed by atoms with E-state index in [1.54, 1.807) is 18.2 Å². The van der Waals surface area contributed by atoms with Crippen molar-refractivity contribution in [2.45, 2.75) is 6.92 Å². The number of aryl methyl sites for hydroxylation is 1. The number of benzene rings is 2. The van der Waals surface area contributed by atoms with Crippen LogP contribution in [-0.4, -0.2) is 19.9 Å². The Hall–Kier alpha value is -4.61. The molecule has 0 fully saturated rings. The Labute approximate surface area is 167 Å². The lowest BCUT2D eigenvalue weighted by molar-refractivity contribution is -0.394. The highest BCUT2D eigenvalue weighted by molar-refractivity contribution is 5.74. The van der Waals surface area contributed by atoms with Gasteiger partial charge in [-0.1, -0.05) is 23.4 Å². The summed E-state index contributed by atoms with van der Waals surface area (Å²) in [5.74, 6) is -0.0915. The van der Waals surface area contributed by atoms with E-state index in [1.807, 2.05) is 0 Å². The van der Waals surface area contributed by atoms with Crippen molar-refractivity contribution in [1.82, 2.24) is 5.16 Å². The van der Waals surface area contributed by atoms with Crippen molar-refractivity contribution >= 4 is 29.2 Å². The van der Waals surface area contributed by atoms with Gasteiger partial charge in [-0.3, -0.25) is 30.3 Å². The normalized spacial score (nSPS) is 10.8. The maximum Gasteiger partial charge on any atom is 0.338 e. The van der Waals surface area contributed by atoms with Gasteiger partial charge < -0.3 is 9.26 Å². The molecule has 0 aliphatic rings. The molecule has 3 aromatic rings. The molecular formula is C18H12N4O8. The Balaban J connectivity index is 1.97. The monoisotopic (exact) mass is 412 g/mol. The molecule has 3 rings (SSSR count). The molecule has 0 aliphatic heterocycles. The summed E-state index contributed by atoms with van der Waals surface area (Å²) in [5, 5.41) is 36.9. The molecule has 0 spiro atoms. The number of hydrogen-bond donors (Lipinski definition) is 0. The first-order chi connectivity index (χ1) is 14.3. The van der Waals surface area contributed by atoms with Crippen LogP contribution < -0.4 is 4.74 Å². The standard InChI is InChI=1S/C18H12N4O8/c1-11-18(22(27)28)17(30-19-11)8-6-12-4-2-3-5-15(12)29-16-9-7-13(20(23)24)10-14(16)21(25)26/h2-10H,1H3/b8-6-. The zero-order valence-electron chi connectivity index (χ0n) is 15.3. The van der Waals surface area contributed by atoms with E-state index < -0.39 is 26.1 Å². The Kier molecular flexibility index (Phi) is 5.49. The predicted octanol–water partition coefficient (Wildman–Crippen LogP) is 4.67. The third-order valence-corrected chi connectivity index (χ3v) is 3.94. The highest BCUT2D eigenvalue weighted by Crippen LogP contribution is 2.36. The second-order valence-electron chi connectivity index (χ2n) is 5.88. The molecule has 1 aromatic heterocycles. The van der Waals surface area contributed by atoms with Gasteiger partial charge in [-0.2, -0.15) is 0 Å². The second-order valence-corrected chi connectivity index (χ2v) is 5.88. The van der Waals surface area contributed by atoms with E-state index in [0.717, 1.165) is 18.2 Å². The van der Waals surface area contributed by atoms with Crippen molar-refractivity contribution < 1.29 is 24.0 Å². The predicted molar refractivity (Wildman–Crippen MR) is 103 cm³/mol. The van der Waals surface area contributed by atoms with E-state index in [0.29, 0.717) is 5.56 Å². The Morgan fingerprint density at radius 3 is 2.33 bits per heavy atom. The summed E-state index contributed by atoms with van der Waals surface area (Å²) in [5.41, 5.74) is -0.769. The van der Waals surface area contributed by atoms with E-state index >= 15 is 0 Å². The summed E-state index contributed by atoms with van der Waals surface area (Å²) in [7, 11) is 0. The van der Waals surface area contributed by atoms with Gasteiger partial charge in [0.25, 0.3) is 5.69 Å². The summed E-state index contributed by atoms with van der Waals surface area (Å²) in [4.78, 5) is 31.1. The van der Waals surface area contributed by atoms with E-state index in [2.05, 4.69) is 5.16 Å². The maximum absolute atomic E-state index is 11.3. The van der Waals surface area contributed by atoms with E-state index in [9.17, 15) is 30.3 Å². The average Bonchev–Trinajstić information content (AvgIpc) is 3.08. The van der Waals surface area contributed by atoms with Crippen LogP contribution in [0.5, 0.6) is 11.5 Å². The quantitative estimate of drug-likeness (QED) is 0.396. The van der Waals surface area contributed by atoms with Gasteiger partial charge in [0.1, 0.15) is 5.75 Å². The van der Waals surface area contributed by atoms with Crippen molar-refractivity contribution in [3.63, 3.8) is 0 Å². The zero-order chi connectivity index (χ0) is 21.8. The fourth-order valence-electron chi connectivity index (χ4n) is 2.56. The van der Waals surface area contributed by atoms with Crippen LogP contribution in [0.3, 0.4) is 0 Å². The molecule has 0 saturated heterocycles. The smallest absolute Gasteiger partial charge is 0.338 e. The lowest BCUT2D eigenvalue weighted by atomic mass is 10.1. The summed E-state index contributed by atoms with van der Waals surface area (Å²) in [6.07, 6.45) is 2.78. The van der Waals surface area contributed by atoms with Crippen LogP contribution in [0.15, 0.2) is 47.0 Å². The van der Waals surface area contributed by atoms with Gasteiger partial charge in [0.05, 0.1) is 20.8 Å². The minimum atomic E-state index is -0.790. The van der Waals surface area contributed by atoms with Gasteiger partial charge in [0.2, 0.25) is 11.5 Å². The minimum absolute atomic E-state index is 0.0754. The molecule has 12 heteroatoms. The third-order valence-electron chi connectivity index (χ3n) is 3.94. The molecule has 0 N–H and O–H groups in total. The molecule has 1 heterocycles. The van der Waals surface area contributed by atoms with Gasteiger partial charge >= 0.3 is 11.4 Å². The van der Waals surface area contributed by atoms with Crippen LogP contribution in [0.4, 0.5) is 17.1 Å². The molecule has 0 atom stereocenters. The first-order valence-corrected chi connectivity index (χ1v) is 8.26. The number of non-ortho nitro benzene ring substituents is 1. The van der Waals surface area contributed by atoms with E-state index in [1.165, 1.54) is 25.1 Å². The number of nitrogens with zero attached hydrogens (tertiary/aromatic N) is 4. The largest absolute Gasteiger partial charge is 0.449 e. The van der Waals surface area contributed by atoms with E-state index in [4.69, 9.17) is 9.26 Å². The fraction of sp³-hybridized carbons (Fsp3) is 0.0556. The maximum atomic E-state index is 11.3. The summed E-state index contributed by atoms with van der Waals surface area (Å²) in [6, 6.07) is 9.42. The fourth-order valence-corrected chi connectivity index (χ4v) is 2.56. The molecule has 0 bridgehead atoms. The van der Waals surface area contributed by atoms with Crippen molar-refractivity contribution in [1.29, 1.82) is 0 Å². The Morgan fingerprint density at radius 2 is 1.67 bits per heavy atom. The van der Waals surface area contributed by atoms with Gasteiger partial charge in [0.15, 0.2) is 5.69 Å². The highest BCUT2D eigenvalue weighted by atomic mass is 16.6. The minimum Gasteiger partial charge on any atom is -0.449 e. The molecule has 0 aliphatic carbocycles. The molecule has 30 heavy (non-hydrogen) atoms. The molecule has 0 unspecified atom stereocenters. The van der Waals surface area contributed by atoms with Crippen molar-refractivity contribution in [2.24, 2.45) is 0 Å². The Morgan fingerprint density at radius 1 is 0.933 bits per heavy atom. The molecule has 12 nitrogen and oxygen atoms in total. The summed E-state index contributed by atoms with van der Waals surface area (Å²) < 4.78 is 10.6. The topological polar surface area (TPSA) is 165 Å². The SMILES string of the molecule is Cc1noc(/C=C\c2ccccc2Oc2ccc([N+](=O)[O-])cc2[N+](=O)[O-])c1[N+](=O)[O-]. The lowest BCUT2D eigenvalue weighted by Crippen LogP contribution is -1.96. The zero-order valence-corrected chi connectivity index (χ0v) is 15.3. The molecule has 0 radical (unpaired) electrons. The number of rotatable bonds is 7. The highest BCUT2D eigenvalue weighted by Gasteiger charge is 2.23.